The highest BCUT2D eigenvalue weighted by molar-refractivity contribution is 5.96. The molecule has 0 aromatic heterocycles. The van der Waals surface area contributed by atoms with E-state index in [4.69, 9.17) is 0 Å². The molecule has 0 heterocycles. The fourth-order valence-electron chi connectivity index (χ4n) is 1.62. The monoisotopic (exact) mass is 275 g/mol. The van der Waals surface area contributed by atoms with E-state index in [9.17, 15) is 14.4 Å². The minimum Gasteiger partial charge on any atom is -0.335 e. The first-order valence-electron chi connectivity index (χ1n) is 6.50. The number of nitrogens with one attached hydrogen (secondary N) is 3. The Bertz CT molecular complexity index is 521. The van der Waals surface area contributed by atoms with Crippen LogP contribution in [-0.4, -0.2) is 30.3 Å². The van der Waals surface area contributed by atoms with Crippen LogP contribution in [0.1, 0.15) is 30.1 Å². The molecule has 1 aromatic rings. The van der Waals surface area contributed by atoms with Gasteiger partial charge in [0.25, 0.3) is 0 Å². The van der Waals surface area contributed by atoms with Crippen molar-refractivity contribution in [2.45, 2.75) is 25.8 Å². The highest BCUT2D eigenvalue weighted by atomic mass is 16.2. The number of hydrogen-bond donors (Lipinski definition) is 3. The number of ketones is 1. The molecule has 0 atom stereocenters. The van der Waals surface area contributed by atoms with Crippen LogP contribution in [0, 0.1) is 0 Å². The maximum atomic E-state index is 11.6. The smallest absolute Gasteiger partial charge is 0.315 e. The lowest BCUT2D eigenvalue weighted by Crippen LogP contribution is -2.40. The zero-order valence-corrected chi connectivity index (χ0v) is 11.2. The molecule has 106 valence electrons. The Balaban J connectivity index is 1.75. The van der Waals surface area contributed by atoms with Gasteiger partial charge in [0.05, 0.1) is 6.54 Å². The number of rotatable bonds is 5. The fraction of sp³-hybridized carbons (Fsp3) is 0.357. The molecule has 0 bridgehead atoms. The molecule has 6 heteroatoms. The van der Waals surface area contributed by atoms with Crippen molar-refractivity contribution in [2.75, 3.05) is 11.9 Å². The van der Waals surface area contributed by atoms with Gasteiger partial charge in [0.2, 0.25) is 5.91 Å². The summed E-state index contributed by atoms with van der Waals surface area (Å²) in [5, 5.41) is 7.85. The molecule has 0 radical (unpaired) electrons. The first-order chi connectivity index (χ1) is 9.54. The Morgan fingerprint density at radius 1 is 1.15 bits per heavy atom. The summed E-state index contributed by atoms with van der Waals surface area (Å²) in [5.41, 5.74) is 1.18. The Morgan fingerprint density at radius 3 is 2.35 bits per heavy atom. The van der Waals surface area contributed by atoms with Gasteiger partial charge in [-0.15, -0.1) is 0 Å². The van der Waals surface area contributed by atoms with Crippen LogP contribution < -0.4 is 16.0 Å². The Labute approximate surface area is 116 Å². The molecular formula is C14H17N3O3. The van der Waals surface area contributed by atoms with Gasteiger partial charge >= 0.3 is 6.03 Å². The SMILES string of the molecule is CC(=O)c1ccc(NC(=O)CNC(=O)NC2CC2)cc1. The number of benzene rings is 1. The van der Waals surface area contributed by atoms with Crippen LogP contribution in [-0.2, 0) is 4.79 Å². The fourth-order valence-corrected chi connectivity index (χ4v) is 1.62. The average Bonchev–Trinajstić information content (AvgIpc) is 3.21. The first-order valence-corrected chi connectivity index (χ1v) is 6.50. The lowest BCUT2D eigenvalue weighted by atomic mass is 10.1. The Morgan fingerprint density at radius 2 is 1.80 bits per heavy atom. The maximum absolute atomic E-state index is 11.6. The highest BCUT2D eigenvalue weighted by Crippen LogP contribution is 2.18. The van der Waals surface area contributed by atoms with Crippen LogP contribution >= 0.6 is 0 Å². The number of amides is 3. The minimum absolute atomic E-state index is 0.0266. The molecule has 20 heavy (non-hydrogen) atoms. The molecule has 1 aliphatic rings. The van der Waals surface area contributed by atoms with E-state index in [1.807, 2.05) is 0 Å². The summed E-state index contributed by atoms with van der Waals surface area (Å²) >= 11 is 0. The third-order valence-electron chi connectivity index (χ3n) is 2.90. The Hall–Kier alpha value is -2.37. The van der Waals surface area contributed by atoms with Gasteiger partial charge in [-0.25, -0.2) is 4.79 Å². The van der Waals surface area contributed by atoms with Gasteiger partial charge in [0.15, 0.2) is 5.78 Å². The van der Waals surface area contributed by atoms with Gasteiger partial charge in [0.1, 0.15) is 0 Å². The molecule has 0 aliphatic heterocycles. The van der Waals surface area contributed by atoms with Gasteiger partial charge in [0, 0.05) is 17.3 Å². The van der Waals surface area contributed by atoms with Crippen molar-refractivity contribution in [1.82, 2.24) is 10.6 Å². The number of hydrogen-bond acceptors (Lipinski definition) is 3. The van der Waals surface area contributed by atoms with Gasteiger partial charge in [-0.05, 0) is 44.0 Å². The number of carbonyl (C=O) groups is 3. The molecular weight excluding hydrogens is 258 g/mol. The van der Waals surface area contributed by atoms with E-state index in [1.165, 1.54) is 6.92 Å². The van der Waals surface area contributed by atoms with E-state index in [0.717, 1.165) is 12.8 Å². The standard InChI is InChI=1S/C14H17N3O3/c1-9(18)10-2-4-11(5-3-10)16-13(19)8-15-14(20)17-12-6-7-12/h2-5,12H,6-8H2,1H3,(H,16,19)(H2,15,17,20). The van der Waals surface area contributed by atoms with Crippen LogP contribution in [0.2, 0.25) is 0 Å². The summed E-state index contributed by atoms with van der Waals surface area (Å²) < 4.78 is 0. The van der Waals surface area contributed by atoms with Crippen molar-refractivity contribution in [3.8, 4) is 0 Å². The predicted molar refractivity (Wildman–Crippen MR) is 74.6 cm³/mol. The lowest BCUT2D eigenvalue weighted by molar-refractivity contribution is -0.115. The molecule has 0 spiro atoms. The van der Waals surface area contributed by atoms with Crippen molar-refractivity contribution in [3.63, 3.8) is 0 Å². The van der Waals surface area contributed by atoms with E-state index in [2.05, 4.69) is 16.0 Å². The quantitative estimate of drug-likeness (QED) is 0.708. The summed E-state index contributed by atoms with van der Waals surface area (Å²) in [4.78, 5) is 34.1. The number of Topliss-reactive ketones (excluding diaryl/α,β-unsaturated/α-hetero) is 1. The normalized spacial score (nSPS) is 13.4. The molecule has 1 aromatic carbocycles. The number of carbonyl (C=O) groups excluding carboxylic acids is 3. The summed E-state index contributed by atoms with van der Waals surface area (Å²) in [5.74, 6) is -0.340. The first kappa shape index (κ1) is 14.0. The van der Waals surface area contributed by atoms with Crippen molar-refractivity contribution in [2.24, 2.45) is 0 Å². The number of anilines is 1. The van der Waals surface area contributed by atoms with E-state index in [1.54, 1.807) is 24.3 Å². The zero-order chi connectivity index (χ0) is 14.5. The van der Waals surface area contributed by atoms with E-state index in [0.29, 0.717) is 11.3 Å². The molecule has 1 saturated carbocycles. The van der Waals surface area contributed by atoms with Gasteiger partial charge in [-0.1, -0.05) is 0 Å². The summed E-state index contributed by atoms with van der Waals surface area (Å²) in [6.07, 6.45) is 2.00. The zero-order valence-electron chi connectivity index (χ0n) is 11.2. The third-order valence-corrected chi connectivity index (χ3v) is 2.90. The molecule has 3 amide bonds. The predicted octanol–water partition coefficient (Wildman–Crippen LogP) is 1.29. The topological polar surface area (TPSA) is 87.3 Å². The van der Waals surface area contributed by atoms with Crippen molar-refractivity contribution < 1.29 is 14.4 Å². The summed E-state index contributed by atoms with van der Waals surface area (Å²) in [7, 11) is 0. The maximum Gasteiger partial charge on any atom is 0.315 e. The molecule has 3 N–H and O–H groups in total. The van der Waals surface area contributed by atoms with Crippen LogP contribution in [0.3, 0.4) is 0 Å². The highest BCUT2D eigenvalue weighted by Gasteiger charge is 2.23. The summed E-state index contributed by atoms with van der Waals surface area (Å²) in [6, 6.07) is 6.53. The van der Waals surface area contributed by atoms with E-state index < -0.39 is 0 Å². The lowest BCUT2D eigenvalue weighted by Gasteiger charge is -2.08. The minimum atomic E-state index is -0.324. The van der Waals surface area contributed by atoms with Crippen LogP contribution in [0.5, 0.6) is 0 Å². The summed E-state index contributed by atoms with van der Waals surface area (Å²) in [6.45, 7) is 1.39. The van der Waals surface area contributed by atoms with Crippen molar-refractivity contribution >= 4 is 23.4 Å². The van der Waals surface area contributed by atoms with Crippen molar-refractivity contribution in [1.29, 1.82) is 0 Å². The number of urea groups is 1. The molecule has 0 unspecified atom stereocenters. The van der Waals surface area contributed by atoms with E-state index in [-0.39, 0.29) is 30.3 Å². The molecule has 1 fully saturated rings. The van der Waals surface area contributed by atoms with Crippen LogP contribution in [0.15, 0.2) is 24.3 Å². The second-order valence-electron chi connectivity index (χ2n) is 4.78. The van der Waals surface area contributed by atoms with E-state index >= 15 is 0 Å². The molecule has 6 nitrogen and oxygen atoms in total. The van der Waals surface area contributed by atoms with Gasteiger partial charge < -0.3 is 16.0 Å². The average molecular weight is 275 g/mol. The third kappa shape index (κ3) is 4.38. The molecule has 0 saturated heterocycles. The Kier molecular flexibility index (Phi) is 4.34. The van der Waals surface area contributed by atoms with Crippen LogP contribution in [0.25, 0.3) is 0 Å². The molecule has 1 aliphatic carbocycles. The van der Waals surface area contributed by atoms with Crippen LogP contribution in [0.4, 0.5) is 10.5 Å². The molecule has 2 rings (SSSR count). The van der Waals surface area contributed by atoms with Crippen molar-refractivity contribution in [3.05, 3.63) is 29.8 Å². The second-order valence-corrected chi connectivity index (χ2v) is 4.78. The van der Waals surface area contributed by atoms with Gasteiger partial charge in [-0.3, -0.25) is 9.59 Å². The van der Waals surface area contributed by atoms with Gasteiger partial charge in [-0.2, -0.15) is 0 Å². The largest absolute Gasteiger partial charge is 0.335 e. The second kappa shape index (κ2) is 6.18.